The smallest absolute Gasteiger partial charge is 0.298 e. The van der Waals surface area contributed by atoms with Crippen LogP contribution >= 0.6 is 23.1 Å². The Hall–Kier alpha value is -1.66. The van der Waals surface area contributed by atoms with E-state index in [4.69, 9.17) is 16.3 Å². The molecular weight excluding hydrogens is 356 g/mol. The SMILES string of the molecule is CCCN(C)/C=N\c1cc(C)c(Oc2nc(C(C)(C)C)ns2)cc1Cl. The molecule has 2 rings (SSSR count). The van der Waals surface area contributed by atoms with Crippen molar-refractivity contribution in [1.82, 2.24) is 14.3 Å². The molecule has 0 unspecified atom stereocenters. The van der Waals surface area contributed by atoms with Gasteiger partial charge in [0.1, 0.15) is 5.75 Å². The average molecular weight is 381 g/mol. The first-order valence-electron chi connectivity index (χ1n) is 8.27. The van der Waals surface area contributed by atoms with E-state index in [2.05, 4.69) is 42.0 Å². The van der Waals surface area contributed by atoms with Crippen LogP contribution in [0.2, 0.25) is 5.02 Å². The maximum atomic E-state index is 6.36. The van der Waals surface area contributed by atoms with E-state index in [1.54, 1.807) is 12.4 Å². The summed E-state index contributed by atoms with van der Waals surface area (Å²) in [6.07, 6.45) is 2.87. The van der Waals surface area contributed by atoms with Gasteiger partial charge in [-0.25, -0.2) is 4.99 Å². The van der Waals surface area contributed by atoms with Gasteiger partial charge in [0.05, 0.1) is 17.0 Å². The van der Waals surface area contributed by atoms with E-state index in [0.717, 1.165) is 30.0 Å². The van der Waals surface area contributed by atoms with Crippen LogP contribution in [0.15, 0.2) is 17.1 Å². The van der Waals surface area contributed by atoms with Crippen molar-refractivity contribution in [3.63, 3.8) is 0 Å². The van der Waals surface area contributed by atoms with E-state index in [-0.39, 0.29) is 5.41 Å². The first-order chi connectivity index (χ1) is 11.7. The van der Waals surface area contributed by atoms with Gasteiger partial charge in [0.15, 0.2) is 5.82 Å². The van der Waals surface area contributed by atoms with E-state index >= 15 is 0 Å². The number of hydrogen-bond acceptors (Lipinski definition) is 5. The van der Waals surface area contributed by atoms with Gasteiger partial charge in [-0.3, -0.25) is 0 Å². The van der Waals surface area contributed by atoms with E-state index in [1.165, 1.54) is 11.5 Å². The second kappa shape index (κ2) is 8.15. The molecule has 0 radical (unpaired) electrons. The molecule has 1 aromatic carbocycles. The lowest BCUT2D eigenvalue weighted by Gasteiger charge is -2.12. The number of rotatable bonds is 6. The monoisotopic (exact) mass is 380 g/mol. The molecule has 1 heterocycles. The van der Waals surface area contributed by atoms with Crippen LogP contribution in [0.3, 0.4) is 0 Å². The molecule has 0 aliphatic heterocycles. The Bertz CT molecular complexity index is 752. The fourth-order valence-electron chi connectivity index (χ4n) is 2.08. The van der Waals surface area contributed by atoms with Gasteiger partial charge in [0, 0.05) is 36.6 Å². The number of halogens is 1. The zero-order chi connectivity index (χ0) is 18.6. The normalized spacial score (nSPS) is 12.0. The highest BCUT2D eigenvalue weighted by atomic mass is 35.5. The van der Waals surface area contributed by atoms with Gasteiger partial charge in [-0.1, -0.05) is 39.3 Å². The Morgan fingerprint density at radius 3 is 2.68 bits per heavy atom. The summed E-state index contributed by atoms with van der Waals surface area (Å²) >= 11 is 7.61. The van der Waals surface area contributed by atoms with Crippen LogP contribution in [0.4, 0.5) is 5.69 Å². The Morgan fingerprint density at radius 2 is 2.08 bits per heavy atom. The van der Waals surface area contributed by atoms with E-state index < -0.39 is 0 Å². The topological polar surface area (TPSA) is 50.6 Å². The zero-order valence-corrected chi connectivity index (χ0v) is 17.2. The minimum Gasteiger partial charge on any atom is -0.430 e. The third-order valence-corrected chi connectivity index (χ3v) is 4.39. The maximum Gasteiger partial charge on any atom is 0.298 e. The molecule has 0 amide bonds. The fourth-order valence-corrected chi connectivity index (χ4v) is 3.01. The van der Waals surface area contributed by atoms with E-state index in [0.29, 0.717) is 16.0 Å². The number of benzene rings is 1. The van der Waals surface area contributed by atoms with Crippen LogP contribution in [0.5, 0.6) is 10.9 Å². The standard InChI is InChI=1S/C18H25ClN4OS/c1-7-8-23(6)11-20-14-9-12(2)15(10-13(14)19)24-17-21-16(22-25-17)18(3,4)5/h9-11H,7-8H2,1-6H3/b20-11-. The molecule has 0 aliphatic rings. The molecule has 136 valence electrons. The average Bonchev–Trinajstić information content (AvgIpc) is 2.98. The quantitative estimate of drug-likeness (QED) is 0.484. The Labute approximate surface area is 158 Å². The van der Waals surface area contributed by atoms with Gasteiger partial charge in [-0.15, -0.1) is 0 Å². The van der Waals surface area contributed by atoms with Gasteiger partial charge in [-0.05, 0) is 25.0 Å². The second-order valence-electron chi connectivity index (χ2n) is 7.03. The highest BCUT2D eigenvalue weighted by molar-refractivity contribution is 7.07. The van der Waals surface area contributed by atoms with Crippen LogP contribution in [-0.2, 0) is 5.41 Å². The first kappa shape index (κ1) is 19.7. The van der Waals surface area contributed by atoms with Crippen molar-refractivity contribution in [3.8, 4) is 10.9 Å². The summed E-state index contributed by atoms with van der Waals surface area (Å²) in [5.74, 6) is 1.44. The lowest BCUT2D eigenvalue weighted by molar-refractivity contribution is 0.465. The van der Waals surface area contributed by atoms with Crippen LogP contribution in [0.25, 0.3) is 0 Å². The van der Waals surface area contributed by atoms with Gasteiger partial charge in [0.2, 0.25) is 0 Å². The van der Waals surface area contributed by atoms with Crippen molar-refractivity contribution in [2.24, 2.45) is 4.99 Å². The van der Waals surface area contributed by atoms with Crippen LogP contribution < -0.4 is 4.74 Å². The fraction of sp³-hybridized carbons (Fsp3) is 0.500. The molecule has 7 heteroatoms. The number of hydrogen-bond donors (Lipinski definition) is 0. The molecule has 0 bridgehead atoms. The number of aromatic nitrogens is 2. The largest absolute Gasteiger partial charge is 0.430 e. The maximum absolute atomic E-state index is 6.36. The summed E-state index contributed by atoms with van der Waals surface area (Å²) in [5.41, 5.74) is 1.57. The lowest BCUT2D eigenvalue weighted by Crippen LogP contribution is -2.16. The molecule has 0 saturated heterocycles. The third-order valence-electron chi connectivity index (χ3n) is 3.49. The van der Waals surface area contributed by atoms with Crippen molar-refractivity contribution >= 4 is 35.2 Å². The van der Waals surface area contributed by atoms with Gasteiger partial charge in [-0.2, -0.15) is 9.36 Å². The van der Waals surface area contributed by atoms with Crippen molar-refractivity contribution in [2.45, 2.75) is 46.5 Å². The van der Waals surface area contributed by atoms with Crippen molar-refractivity contribution in [3.05, 3.63) is 28.5 Å². The Balaban J connectivity index is 2.18. The van der Waals surface area contributed by atoms with E-state index in [9.17, 15) is 0 Å². The molecule has 25 heavy (non-hydrogen) atoms. The minimum absolute atomic E-state index is 0.103. The molecule has 5 nitrogen and oxygen atoms in total. The van der Waals surface area contributed by atoms with Gasteiger partial charge >= 0.3 is 0 Å². The van der Waals surface area contributed by atoms with E-state index in [1.807, 2.05) is 24.9 Å². The van der Waals surface area contributed by atoms with Crippen LogP contribution in [0.1, 0.15) is 45.5 Å². The summed E-state index contributed by atoms with van der Waals surface area (Å²) in [6, 6.07) is 3.70. The summed E-state index contributed by atoms with van der Waals surface area (Å²) in [5, 5.41) is 1.06. The summed E-state index contributed by atoms with van der Waals surface area (Å²) in [4.78, 5) is 10.9. The number of ether oxygens (including phenoxy) is 1. The predicted molar refractivity (Wildman–Crippen MR) is 106 cm³/mol. The molecule has 0 fully saturated rings. The summed E-state index contributed by atoms with van der Waals surface area (Å²) in [6.45, 7) is 11.3. The third kappa shape index (κ3) is 5.41. The Morgan fingerprint density at radius 1 is 1.36 bits per heavy atom. The van der Waals surface area contributed by atoms with Crippen LogP contribution in [0, 0.1) is 6.92 Å². The molecular formula is C18H25ClN4OS. The molecule has 1 aromatic heterocycles. The Kier molecular flexibility index (Phi) is 6.41. The molecule has 0 aliphatic carbocycles. The molecule has 0 N–H and O–H groups in total. The minimum atomic E-state index is -0.103. The molecule has 0 atom stereocenters. The van der Waals surface area contributed by atoms with Crippen LogP contribution in [-0.4, -0.2) is 34.2 Å². The summed E-state index contributed by atoms with van der Waals surface area (Å²) < 4.78 is 10.2. The number of nitrogens with zero attached hydrogens (tertiary/aromatic N) is 4. The molecule has 0 spiro atoms. The highest BCUT2D eigenvalue weighted by Crippen LogP contribution is 2.35. The summed E-state index contributed by atoms with van der Waals surface area (Å²) in [7, 11) is 1.99. The second-order valence-corrected chi connectivity index (χ2v) is 8.15. The number of aryl methyl sites for hydroxylation is 1. The first-order valence-corrected chi connectivity index (χ1v) is 9.42. The lowest BCUT2D eigenvalue weighted by atomic mass is 9.96. The van der Waals surface area contributed by atoms with Crippen molar-refractivity contribution in [1.29, 1.82) is 0 Å². The zero-order valence-electron chi connectivity index (χ0n) is 15.6. The predicted octanol–water partition coefficient (Wildman–Crippen LogP) is 5.59. The highest BCUT2D eigenvalue weighted by Gasteiger charge is 2.20. The van der Waals surface area contributed by atoms with Gasteiger partial charge < -0.3 is 9.64 Å². The van der Waals surface area contributed by atoms with Crippen molar-refractivity contribution in [2.75, 3.05) is 13.6 Å². The molecule has 2 aromatic rings. The molecule has 0 saturated carbocycles. The van der Waals surface area contributed by atoms with Crippen molar-refractivity contribution < 1.29 is 4.74 Å². The number of aliphatic imine (C=N–C) groups is 1. The van der Waals surface area contributed by atoms with Gasteiger partial charge in [0.25, 0.3) is 5.19 Å².